The summed E-state index contributed by atoms with van der Waals surface area (Å²) in [6, 6.07) is 7.41. The Balaban J connectivity index is 0.00000400. The minimum absolute atomic E-state index is 0. The van der Waals surface area contributed by atoms with Crippen LogP contribution in [0.4, 0.5) is 0 Å². The Labute approximate surface area is 133 Å². The molecule has 0 saturated heterocycles. The highest BCUT2D eigenvalue weighted by atomic mass is 35.5. The number of aryl methyl sites for hydroxylation is 1. The van der Waals surface area contributed by atoms with Gasteiger partial charge in [0.05, 0.1) is 12.6 Å². The fourth-order valence-corrected chi connectivity index (χ4v) is 1.88. The number of ether oxygens (including phenoxy) is 1. The molecule has 0 aromatic heterocycles. The van der Waals surface area contributed by atoms with Gasteiger partial charge in [-0.15, -0.1) is 12.4 Å². The van der Waals surface area contributed by atoms with E-state index >= 15 is 0 Å². The van der Waals surface area contributed by atoms with E-state index < -0.39 is 6.04 Å². The number of carbonyl (C=O) groups is 1. The van der Waals surface area contributed by atoms with Gasteiger partial charge in [0.1, 0.15) is 11.9 Å². The van der Waals surface area contributed by atoms with Gasteiger partial charge in [0, 0.05) is 0 Å². The van der Waals surface area contributed by atoms with Crippen molar-refractivity contribution in [1.82, 2.24) is 5.32 Å². The molecule has 0 saturated carbocycles. The summed E-state index contributed by atoms with van der Waals surface area (Å²) in [4.78, 5) is 11.8. The van der Waals surface area contributed by atoms with Crippen LogP contribution in [0, 0.1) is 12.8 Å². The lowest BCUT2D eigenvalue weighted by atomic mass is 10.0. The molecule has 0 aliphatic rings. The summed E-state index contributed by atoms with van der Waals surface area (Å²) < 4.78 is 5.73. The molecule has 0 fully saturated rings. The lowest BCUT2D eigenvalue weighted by Crippen LogP contribution is -2.44. The molecular weight excluding hydrogens is 288 g/mol. The zero-order chi connectivity index (χ0) is 15.1. The summed E-state index contributed by atoms with van der Waals surface area (Å²) in [7, 11) is 0. The molecule has 1 amide bonds. The van der Waals surface area contributed by atoms with Gasteiger partial charge in [0.2, 0.25) is 5.91 Å². The molecule has 0 aliphatic carbocycles. The highest BCUT2D eigenvalue weighted by Crippen LogP contribution is 2.13. The number of nitrogens with two attached hydrogens (primary N) is 1. The summed E-state index contributed by atoms with van der Waals surface area (Å²) >= 11 is 0. The molecule has 1 aromatic carbocycles. The zero-order valence-corrected chi connectivity index (χ0v) is 14.1. The van der Waals surface area contributed by atoms with Gasteiger partial charge in [-0.1, -0.05) is 31.5 Å². The number of halogens is 1. The predicted octanol–water partition coefficient (Wildman–Crippen LogP) is 2.67. The molecule has 5 heteroatoms. The van der Waals surface area contributed by atoms with E-state index in [1.807, 2.05) is 38.1 Å². The topological polar surface area (TPSA) is 64.3 Å². The van der Waals surface area contributed by atoms with Gasteiger partial charge in [0.15, 0.2) is 0 Å². The summed E-state index contributed by atoms with van der Waals surface area (Å²) in [5, 5.41) is 2.83. The number of hydrogen-bond donors (Lipinski definition) is 2. The third-order valence-corrected chi connectivity index (χ3v) is 2.98. The standard InChI is InChI=1S/C16H26N2O2.ClH/c1-11(2)9-15(17)16(19)18-10-13(4)20-14-7-5-12(3)6-8-14;/h5-8,11,13,15H,9-10,17H2,1-4H3,(H,18,19);1H/t13?,15-;/m0./s1. The summed E-state index contributed by atoms with van der Waals surface area (Å²) in [6.07, 6.45) is 0.604. The normalized spacial score (nSPS) is 13.2. The monoisotopic (exact) mass is 314 g/mol. The molecule has 0 heterocycles. The number of benzene rings is 1. The molecule has 21 heavy (non-hydrogen) atoms. The molecule has 0 bridgehead atoms. The molecule has 0 spiro atoms. The second-order valence-electron chi connectivity index (χ2n) is 5.72. The smallest absolute Gasteiger partial charge is 0.237 e. The number of carbonyl (C=O) groups excluding carboxylic acids is 1. The van der Waals surface area contributed by atoms with Crippen LogP contribution in [0.15, 0.2) is 24.3 Å². The van der Waals surface area contributed by atoms with Gasteiger partial charge in [-0.2, -0.15) is 0 Å². The molecule has 1 unspecified atom stereocenters. The number of nitrogens with one attached hydrogen (secondary N) is 1. The molecule has 2 atom stereocenters. The molecule has 4 nitrogen and oxygen atoms in total. The Kier molecular flexibility index (Phi) is 9.06. The third kappa shape index (κ3) is 7.93. The fourth-order valence-electron chi connectivity index (χ4n) is 1.88. The van der Waals surface area contributed by atoms with Crippen molar-refractivity contribution in [3.8, 4) is 5.75 Å². The van der Waals surface area contributed by atoms with Crippen molar-refractivity contribution >= 4 is 18.3 Å². The van der Waals surface area contributed by atoms with Crippen molar-refractivity contribution in [2.75, 3.05) is 6.54 Å². The molecular formula is C16H27ClN2O2. The largest absolute Gasteiger partial charge is 0.489 e. The van der Waals surface area contributed by atoms with Crippen LogP contribution in [-0.2, 0) is 4.79 Å². The Hall–Kier alpha value is -1.26. The Bertz CT molecular complexity index is 421. The highest BCUT2D eigenvalue weighted by Gasteiger charge is 2.15. The van der Waals surface area contributed by atoms with Crippen molar-refractivity contribution in [1.29, 1.82) is 0 Å². The molecule has 120 valence electrons. The maximum absolute atomic E-state index is 11.8. The second kappa shape index (κ2) is 9.64. The highest BCUT2D eigenvalue weighted by molar-refractivity contribution is 5.85. The van der Waals surface area contributed by atoms with E-state index in [1.54, 1.807) is 0 Å². The average molecular weight is 315 g/mol. The second-order valence-corrected chi connectivity index (χ2v) is 5.72. The van der Waals surface area contributed by atoms with Crippen LogP contribution in [-0.4, -0.2) is 24.6 Å². The maximum atomic E-state index is 11.8. The third-order valence-electron chi connectivity index (χ3n) is 2.98. The minimum atomic E-state index is -0.443. The SMILES string of the molecule is Cc1ccc(OC(C)CNC(=O)[C@@H](N)CC(C)C)cc1.Cl. The van der Waals surface area contributed by atoms with Crippen LogP contribution in [0.2, 0.25) is 0 Å². The number of hydrogen-bond acceptors (Lipinski definition) is 3. The predicted molar refractivity (Wildman–Crippen MR) is 89.0 cm³/mol. The summed E-state index contributed by atoms with van der Waals surface area (Å²) in [5.74, 6) is 1.11. The molecule has 3 N–H and O–H groups in total. The first-order chi connectivity index (χ1) is 9.38. The van der Waals surface area contributed by atoms with Crippen molar-refractivity contribution in [3.63, 3.8) is 0 Å². The van der Waals surface area contributed by atoms with Crippen molar-refractivity contribution in [2.45, 2.75) is 46.3 Å². The van der Waals surface area contributed by atoms with Crippen LogP contribution in [0.5, 0.6) is 5.75 Å². The maximum Gasteiger partial charge on any atom is 0.237 e. The first-order valence-electron chi connectivity index (χ1n) is 7.15. The van der Waals surface area contributed by atoms with Gasteiger partial charge in [-0.3, -0.25) is 4.79 Å². The lowest BCUT2D eigenvalue weighted by molar-refractivity contribution is -0.123. The minimum Gasteiger partial charge on any atom is -0.489 e. The van der Waals surface area contributed by atoms with Crippen LogP contribution in [0.25, 0.3) is 0 Å². The van der Waals surface area contributed by atoms with E-state index in [0.29, 0.717) is 18.9 Å². The molecule has 1 aromatic rings. The van der Waals surface area contributed by atoms with Gasteiger partial charge in [0.25, 0.3) is 0 Å². The zero-order valence-electron chi connectivity index (χ0n) is 13.3. The molecule has 0 radical (unpaired) electrons. The van der Waals surface area contributed by atoms with E-state index in [4.69, 9.17) is 10.5 Å². The summed E-state index contributed by atoms with van der Waals surface area (Å²) in [6.45, 7) is 8.52. The van der Waals surface area contributed by atoms with E-state index in [2.05, 4.69) is 19.2 Å². The average Bonchev–Trinajstić information content (AvgIpc) is 2.38. The number of amides is 1. The van der Waals surface area contributed by atoms with Gasteiger partial charge >= 0.3 is 0 Å². The van der Waals surface area contributed by atoms with E-state index in [-0.39, 0.29) is 24.4 Å². The molecule has 1 rings (SSSR count). The Morgan fingerprint density at radius 3 is 2.33 bits per heavy atom. The van der Waals surface area contributed by atoms with Crippen molar-refractivity contribution in [2.24, 2.45) is 11.7 Å². The van der Waals surface area contributed by atoms with E-state index in [0.717, 1.165) is 5.75 Å². The Morgan fingerprint density at radius 1 is 1.24 bits per heavy atom. The summed E-state index contributed by atoms with van der Waals surface area (Å²) in [5.41, 5.74) is 7.01. The fraction of sp³-hybridized carbons (Fsp3) is 0.562. The molecule has 0 aliphatic heterocycles. The van der Waals surface area contributed by atoms with Gasteiger partial charge in [-0.25, -0.2) is 0 Å². The van der Waals surface area contributed by atoms with Crippen molar-refractivity contribution < 1.29 is 9.53 Å². The van der Waals surface area contributed by atoms with Gasteiger partial charge in [-0.05, 0) is 38.3 Å². The van der Waals surface area contributed by atoms with Crippen LogP contribution < -0.4 is 15.8 Å². The first-order valence-corrected chi connectivity index (χ1v) is 7.15. The van der Waals surface area contributed by atoms with Gasteiger partial charge < -0.3 is 15.8 Å². The Morgan fingerprint density at radius 2 is 1.81 bits per heavy atom. The van der Waals surface area contributed by atoms with Crippen LogP contribution in [0.1, 0.15) is 32.8 Å². The van der Waals surface area contributed by atoms with E-state index in [1.165, 1.54) is 5.56 Å². The first kappa shape index (κ1) is 19.7. The van der Waals surface area contributed by atoms with E-state index in [9.17, 15) is 4.79 Å². The lowest BCUT2D eigenvalue weighted by Gasteiger charge is -2.18. The van der Waals surface area contributed by atoms with Crippen molar-refractivity contribution in [3.05, 3.63) is 29.8 Å². The quantitative estimate of drug-likeness (QED) is 0.813. The van der Waals surface area contributed by atoms with Crippen LogP contribution >= 0.6 is 12.4 Å². The van der Waals surface area contributed by atoms with Crippen LogP contribution in [0.3, 0.4) is 0 Å². The number of rotatable bonds is 7.